The van der Waals surface area contributed by atoms with Gasteiger partial charge in [-0.2, -0.15) is 0 Å². The molecule has 250 valence electrons. The van der Waals surface area contributed by atoms with Crippen molar-refractivity contribution < 1.29 is 0 Å². The molecule has 0 amide bonds. The van der Waals surface area contributed by atoms with Crippen LogP contribution in [0.1, 0.15) is 0 Å². The Morgan fingerprint density at radius 2 is 0.630 bits per heavy atom. The molecule has 0 bridgehead atoms. The Bertz CT molecular complexity index is 3470. The van der Waals surface area contributed by atoms with E-state index in [0.29, 0.717) is 0 Å². The number of benzene rings is 10. The van der Waals surface area contributed by atoms with Crippen molar-refractivity contribution in [3.05, 3.63) is 194 Å². The molecule has 2 heterocycles. The Labute approximate surface area is 311 Å². The van der Waals surface area contributed by atoms with Crippen molar-refractivity contribution in [2.45, 2.75) is 0 Å². The Morgan fingerprint density at radius 3 is 1.20 bits per heavy atom. The first-order chi connectivity index (χ1) is 26.8. The van der Waals surface area contributed by atoms with Gasteiger partial charge in [0, 0.05) is 32.9 Å². The van der Waals surface area contributed by atoms with Crippen molar-refractivity contribution in [1.82, 2.24) is 9.13 Å². The summed E-state index contributed by atoms with van der Waals surface area (Å²) >= 11 is 0. The summed E-state index contributed by atoms with van der Waals surface area (Å²) in [6.07, 6.45) is 0. The molecule has 0 radical (unpaired) electrons. The summed E-state index contributed by atoms with van der Waals surface area (Å²) < 4.78 is 4.85. The fourth-order valence-electron chi connectivity index (χ4n) is 9.21. The predicted molar refractivity (Wildman–Crippen MR) is 231 cm³/mol. The molecular weight excluding hydrogens is 653 g/mol. The van der Waals surface area contributed by atoms with E-state index in [4.69, 9.17) is 0 Å². The number of nitrogens with zero attached hydrogens (tertiary/aromatic N) is 2. The first-order valence-electron chi connectivity index (χ1n) is 18.7. The molecule has 2 heteroatoms. The van der Waals surface area contributed by atoms with Crippen LogP contribution in [0.5, 0.6) is 0 Å². The van der Waals surface area contributed by atoms with Gasteiger partial charge in [-0.05, 0) is 115 Å². The molecule has 0 N–H and O–H groups in total. The summed E-state index contributed by atoms with van der Waals surface area (Å²) in [4.78, 5) is 0. The third kappa shape index (κ3) is 4.17. The highest BCUT2D eigenvalue weighted by Gasteiger charge is 2.17. The van der Waals surface area contributed by atoms with E-state index in [9.17, 15) is 0 Å². The lowest BCUT2D eigenvalue weighted by molar-refractivity contribution is 1.19. The monoisotopic (exact) mass is 684 g/mol. The molecule has 2 aromatic heterocycles. The smallest absolute Gasteiger partial charge is 0.0541 e. The third-order valence-electron chi connectivity index (χ3n) is 11.7. The van der Waals surface area contributed by atoms with E-state index < -0.39 is 0 Å². The molecule has 12 aromatic rings. The standard InChI is InChI=1S/C52H32N2/c1-2-12-34-29-37(24-21-33(34)11-1)53-49-19-9-7-17-44(49)47-30-35(22-27-51(47)53)36-23-28-52-48(31-36)45-18-8-10-20-50(45)54(52)38-25-26-43-41-15-4-3-13-39(41)40-14-5-6-16-42(40)46(43)32-38/h1-32H. The first kappa shape index (κ1) is 29.4. The fraction of sp³-hybridized carbons (Fsp3) is 0. The molecule has 54 heavy (non-hydrogen) atoms. The van der Waals surface area contributed by atoms with Gasteiger partial charge in [-0.1, -0.05) is 133 Å². The lowest BCUT2D eigenvalue weighted by Crippen LogP contribution is -1.94. The van der Waals surface area contributed by atoms with Gasteiger partial charge in [0.1, 0.15) is 0 Å². The van der Waals surface area contributed by atoms with Crippen LogP contribution in [0.4, 0.5) is 0 Å². The molecule has 0 unspecified atom stereocenters. The van der Waals surface area contributed by atoms with E-state index in [1.54, 1.807) is 0 Å². The van der Waals surface area contributed by atoms with E-state index in [2.05, 4.69) is 203 Å². The van der Waals surface area contributed by atoms with Crippen LogP contribution >= 0.6 is 0 Å². The van der Waals surface area contributed by atoms with Crippen molar-refractivity contribution in [2.75, 3.05) is 0 Å². The van der Waals surface area contributed by atoms with Crippen molar-refractivity contribution in [3.8, 4) is 22.5 Å². The molecule has 0 fully saturated rings. The number of rotatable bonds is 3. The molecule has 0 atom stereocenters. The van der Waals surface area contributed by atoms with Crippen LogP contribution < -0.4 is 0 Å². The number of hydrogen-bond acceptors (Lipinski definition) is 0. The topological polar surface area (TPSA) is 9.86 Å². The van der Waals surface area contributed by atoms with Crippen LogP contribution in [-0.4, -0.2) is 9.13 Å². The lowest BCUT2D eigenvalue weighted by atomic mass is 9.94. The van der Waals surface area contributed by atoms with Gasteiger partial charge in [0.25, 0.3) is 0 Å². The Kier molecular flexibility index (Phi) is 6.09. The van der Waals surface area contributed by atoms with Gasteiger partial charge < -0.3 is 9.13 Å². The Morgan fingerprint density at radius 1 is 0.222 bits per heavy atom. The second-order valence-corrected chi connectivity index (χ2v) is 14.5. The van der Waals surface area contributed by atoms with Gasteiger partial charge in [-0.3, -0.25) is 0 Å². The third-order valence-corrected chi connectivity index (χ3v) is 11.7. The van der Waals surface area contributed by atoms with Crippen molar-refractivity contribution >= 4 is 86.7 Å². The highest BCUT2D eigenvalue weighted by atomic mass is 15.0. The predicted octanol–water partition coefficient (Wildman–Crippen LogP) is 14.2. The minimum absolute atomic E-state index is 1.17. The Hall–Kier alpha value is -7.16. The molecule has 0 aliphatic rings. The Balaban J connectivity index is 1.04. The summed E-state index contributed by atoms with van der Waals surface area (Å²) in [7, 11) is 0. The average Bonchev–Trinajstić information content (AvgIpc) is 3.75. The van der Waals surface area contributed by atoms with Crippen molar-refractivity contribution in [3.63, 3.8) is 0 Å². The molecule has 0 saturated carbocycles. The van der Waals surface area contributed by atoms with Gasteiger partial charge >= 0.3 is 0 Å². The van der Waals surface area contributed by atoms with Crippen molar-refractivity contribution in [2.24, 2.45) is 0 Å². The molecule has 0 spiro atoms. The van der Waals surface area contributed by atoms with Gasteiger partial charge in [-0.15, -0.1) is 0 Å². The molecular formula is C52H32N2. The highest BCUT2D eigenvalue weighted by molar-refractivity contribution is 6.25. The largest absolute Gasteiger partial charge is 0.309 e. The molecule has 0 aliphatic carbocycles. The molecule has 10 aromatic carbocycles. The fourth-order valence-corrected chi connectivity index (χ4v) is 9.21. The maximum atomic E-state index is 2.44. The van der Waals surface area contributed by atoms with E-state index >= 15 is 0 Å². The van der Waals surface area contributed by atoms with Crippen molar-refractivity contribution in [1.29, 1.82) is 0 Å². The van der Waals surface area contributed by atoms with Crippen LogP contribution in [0.15, 0.2) is 194 Å². The number of hydrogen-bond donors (Lipinski definition) is 0. The van der Waals surface area contributed by atoms with Crippen LogP contribution in [0.2, 0.25) is 0 Å². The molecule has 0 aliphatic heterocycles. The minimum Gasteiger partial charge on any atom is -0.309 e. The van der Waals surface area contributed by atoms with Gasteiger partial charge in [0.2, 0.25) is 0 Å². The summed E-state index contributed by atoms with van der Waals surface area (Å²) in [5.41, 5.74) is 9.62. The number of fused-ring (bicyclic) bond motifs is 13. The zero-order chi connectivity index (χ0) is 35.3. The number of aromatic nitrogens is 2. The SMILES string of the molecule is c1ccc2cc(-n3c4ccccc4c4cc(-c5ccc6c(c5)c5ccccc5n6-c5ccc6c7ccccc7c7ccccc7c6c5)ccc43)ccc2c1. The van der Waals surface area contributed by atoms with Crippen LogP contribution in [0, 0.1) is 0 Å². The summed E-state index contributed by atoms with van der Waals surface area (Å²) in [5, 5.41) is 15.3. The first-order valence-corrected chi connectivity index (χ1v) is 18.7. The van der Waals surface area contributed by atoms with Crippen LogP contribution in [0.3, 0.4) is 0 Å². The molecule has 12 rings (SSSR count). The second kappa shape index (κ2) is 11.2. The zero-order valence-electron chi connectivity index (χ0n) is 29.4. The van der Waals surface area contributed by atoms with E-state index in [1.165, 1.54) is 109 Å². The summed E-state index contributed by atoms with van der Waals surface area (Å²) in [6, 6.07) is 71.6. The molecule has 2 nitrogen and oxygen atoms in total. The van der Waals surface area contributed by atoms with Gasteiger partial charge in [0.15, 0.2) is 0 Å². The summed E-state index contributed by atoms with van der Waals surface area (Å²) in [5.74, 6) is 0. The lowest BCUT2D eigenvalue weighted by Gasteiger charge is -2.14. The average molecular weight is 685 g/mol. The van der Waals surface area contributed by atoms with Gasteiger partial charge in [-0.25, -0.2) is 0 Å². The van der Waals surface area contributed by atoms with E-state index in [1.807, 2.05) is 0 Å². The quantitative estimate of drug-likeness (QED) is 0.164. The minimum atomic E-state index is 1.17. The van der Waals surface area contributed by atoms with E-state index in [0.717, 1.165) is 0 Å². The second-order valence-electron chi connectivity index (χ2n) is 14.5. The normalized spacial score (nSPS) is 12.1. The van der Waals surface area contributed by atoms with Gasteiger partial charge in [0.05, 0.1) is 22.1 Å². The van der Waals surface area contributed by atoms with E-state index in [-0.39, 0.29) is 0 Å². The molecule has 0 saturated heterocycles. The zero-order valence-corrected chi connectivity index (χ0v) is 29.4. The summed E-state index contributed by atoms with van der Waals surface area (Å²) in [6.45, 7) is 0. The maximum Gasteiger partial charge on any atom is 0.0541 e. The van der Waals surface area contributed by atoms with Crippen LogP contribution in [-0.2, 0) is 0 Å². The number of para-hydroxylation sites is 2. The highest BCUT2D eigenvalue weighted by Crippen LogP contribution is 2.41. The van der Waals surface area contributed by atoms with Crippen LogP contribution in [0.25, 0.3) is 109 Å². The maximum absolute atomic E-state index is 2.44.